The molecule has 9 nitrogen and oxygen atoms in total. The summed E-state index contributed by atoms with van der Waals surface area (Å²) in [4.78, 5) is 45.3. The van der Waals surface area contributed by atoms with E-state index >= 15 is 0 Å². The van der Waals surface area contributed by atoms with E-state index in [0.717, 1.165) is 40.0 Å². The zero-order chi connectivity index (χ0) is 30.5. The minimum atomic E-state index is -0.728. The molecule has 2 amide bonds. The molecule has 0 fully saturated rings. The number of aryl methyl sites for hydroxylation is 1. The highest BCUT2D eigenvalue weighted by molar-refractivity contribution is 7.13. The van der Waals surface area contributed by atoms with Gasteiger partial charge in [-0.2, -0.15) is 0 Å². The number of nitrogens with one attached hydrogen (secondary N) is 2. The molecule has 4 aromatic rings. The van der Waals surface area contributed by atoms with Crippen molar-refractivity contribution in [2.24, 2.45) is 5.73 Å². The molecule has 0 aliphatic carbocycles. The molecule has 0 saturated carbocycles. The Hall–Kier alpha value is -4.54. The summed E-state index contributed by atoms with van der Waals surface area (Å²) in [6, 6.07) is 14.6. The first kappa shape index (κ1) is 29.9. The normalized spacial score (nSPS) is 11.9. The summed E-state index contributed by atoms with van der Waals surface area (Å²) in [5.74, 6) is -0.903. The summed E-state index contributed by atoms with van der Waals surface area (Å²) in [5.41, 5.74) is 11.5. The van der Waals surface area contributed by atoms with E-state index in [1.165, 1.54) is 7.11 Å². The number of amides is 2. The Morgan fingerprint density at radius 2 is 1.86 bits per heavy atom. The lowest BCUT2D eigenvalue weighted by Gasteiger charge is -2.18. The van der Waals surface area contributed by atoms with Crippen molar-refractivity contribution in [1.29, 1.82) is 0 Å². The molecule has 4 N–H and O–H groups in total. The van der Waals surface area contributed by atoms with Crippen LogP contribution in [0.3, 0.4) is 0 Å². The van der Waals surface area contributed by atoms with Crippen molar-refractivity contribution < 1.29 is 23.9 Å². The third-order valence-electron chi connectivity index (χ3n) is 7.35. The van der Waals surface area contributed by atoms with Crippen LogP contribution in [0.4, 0.5) is 5.69 Å². The predicted octanol–water partition coefficient (Wildman–Crippen LogP) is 5.61. The van der Waals surface area contributed by atoms with Crippen molar-refractivity contribution in [3.8, 4) is 27.3 Å². The number of nitrogens with two attached hydrogens (primary N) is 1. The SMILES string of the molecule is CCCNC(=O)c1ccc(-c2cc3c(cc2C(=O)Nc2ccc(CN)cc2CC)-c2sccc2CCO3)c(C(=O)OC)n1. The van der Waals surface area contributed by atoms with Crippen LogP contribution in [-0.4, -0.2) is 43.0 Å². The van der Waals surface area contributed by atoms with Gasteiger partial charge < -0.3 is 25.8 Å². The molecule has 0 unspecified atom stereocenters. The summed E-state index contributed by atoms with van der Waals surface area (Å²) in [5, 5.41) is 7.88. The number of ether oxygens (including phenoxy) is 2. The first-order valence-corrected chi connectivity index (χ1v) is 15.1. The second-order valence-corrected chi connectivity index (χ2v) is 11.0. The molecule has 5 rings (SSSR count). The molecule has 0 bridgehead atoms. The number of hydrogen-bond donors (Lipinski definition) is 3. The van der Waals surface area contributed by atoms with Gasteiger partial charge in [0.1, 0.15) is 11.4 Å². The number of esters is 1. The van der Waals surface area contributed by atoms with Gasteiger partial charge in [-0.15, -0.1) is 11.3 Å². The van der Waals surface area contributed by atoms with Crippen LogP contribution in [0.15, 0.2) is 53.9 Å². The number of thiophene rings is 1. The van der Waals surface area contributed by atoms with Crippen LogP contribution in [-0.2, 0) is 24.1 Å². The number of aromatic nitrogens is 1. The smallest absolute Gasteiger partial charge is 0.357 e. The Kier molecular flexibility index (Phi) is 9.18. The number of methoxy groups -OCH3 is 1. The number of nitrogens with zero attached hydrogens (tertiary/aromatic N) is 1. The summed E-state index contributed by atoms with van der Waals surface area (Å²) in [7, 11) is 1.25. The minimum Gasteiger partial charge on any atom is -0.493 e. The molecule has 1 aliphatic rings. The Bertz CT molecular complexity index is 1700. The summed E-state index contributed by atoms with van der Waals surface area (Å²) >= 11 is 1.59. The van der Waals surface area contributed by atoms with E-state index in [0.29, 0.717) is 54.2 Å². The average molecular weight is 599 g/mol. The average Bonchev–Trinajstić information content (AvgIpc) is 3.44. The third kappa shape index (κ3) is 6.16. The molecular formula is C33H34N4O5S. The largest absolute Gasteiger partial charge is 0.493 e. The second kappa shape index (κ2) is 13.2. The zero-order valence-electron chi connectivity index (χ0n) is 24.4. The molecule has 2 aromatic carbocycles. The fourth-order valence-corrected chi connectivity index (χ4v) is 6.07. The van der Waals surface area contributed by atoms with E-state index < -0.39 is 11.9 Å². The van der Waals surface area contributed by atoms with Crippen molar-refractivity contribution in [1.82, 2.24) is 10.3 Å². The van der Waals surface area contributed by atoms with Crippen LogP contribution in [0.2, 0.25) is 0 Å². The first-order chi connectivity index (χ1) is 20.9. The van der Waals surface area contributed by atoms with Crippen molar-refractivity contribution in [2.45, 2.75) is 39.7 Å². The Morgan fingerprint density at radius 1 is 1.02 bits per heavy atom. The molecule has 0 saturated heterocycles. The molecule has 10 heteroatoms. The number of pyridine rings is 1. The molecule has 0 atom stereocenters. The topological polar surface area (TPSA) is 133 Å². The number of anilines is 1. The quantitative estimate of drug-likeness (QED) is 0.213. The fraction of sp³-hybridized carbons (Fsp3) is 0.273. The maximum absolute atomic E-state index is 14.1. The molecular weight excluding hydrogens is 564 g/mol. The maximum Gasteiger partial charge on any atom is 0.357 e. The molecule has 0 radical (unpaired) electrons. The lowest BCUT2D eigenvalue weighted by molar-refractivity contribution is 0.0594. The van der Waals surface area contributed by atoms with Gasteiger partial charge >= 0.3 is 5.97 Å². The van der Waals surface area contributed by atoms with Gasteiger partial charge in [0.2, 0.25) is 0 Å². The number of carbonyl (C=O) groups excluding carboxylic acids is 3. The van der Waals surface area contributed by atoms with Crippen molar-refractivity contribution in [3.05, 3.63) is 87.6 Å². The van der Waals surface area contributed by atoms with E-state index in [1.807, 2.05) is 43.5 Å². The highest BCUT2D eigenvalue weighted by atomic mass is 32.1. The van der Waals surface area contributed by atoms with Gasteiger partial charge in [0, 0.05) is 52.3 Å². The minimum absolute atomic E-state index is 0.0745. The Balaban J connectivity index is 1.68. The zero-order valence-corrected chi connectivity index (χ0v) is 25.2. The second-order valence-electron chi connectivity index (χ2n) is 10.1. The number of benzene rings is 2. The van der Waals surface area contributed by atoms with Crippen LogP contribution in [0.5, 0.6) is 5.75 Å². The van der Waals surface area contributed by atoms with Crippen LogP contribution in [0.1, 0.15) is 68.3 Å². The highest BCUT2D eigenvalue weighted by Gasteiger charge is 2.27. The molecule has 222 valence electrons. The fourth-order valence-electron chi connectivity index (χ4n) is 5.09. The summed E-state index contributed by atoms with van der Waals surface area (Å²) in [6.07, 6.45) is 2.18. The number of carbonyl (C=O) groups is 3. The van der Waals surface area contributed by atoms with Gasteiger partial charge in [0.25, 0.3) is 11.8 Å². The van der Waals surface area contributed by atoms with Crippen LogP contribution >= 0.6 is 11.3 Å². The number of fused-ring (bicyclic) bond motifs is 3. The van der Waals surface area contributed by atoms with E-state index in [-0.39, 0.29) is 17.3 Å². The highest BCUT2D eigenvalue weighted by Crippen LogP contribution is 2.43. The third-order valence-corrected chi connectivity index (χ3v) is 8.34. The van der Waals surface area contributed by atoms with Gasteiger partial charge in [-0.1, -0.05) is 26.0 Å². The summed E-state index contributed by atoms with van der Waals surface area (Å²) in [6.45, 7) is 5.29. The van der Waals surface area contributed by atoms with E-state index in [2.05, 4.69) is 21.7 Å². The Morgan fingerprint density at radius 3 is 2.60 bits per heavy atom. The first-order valence-electron chi connectivity index (χ1n) is 14.3. The number of hydrogen-bond acceptors (Lipinski definition) is 8. The molecule has 0 spiro atoms. The van der Waals surface area contributed by atoms with E-state index in [9.17, 15) is 14.4 Å². The van der Waals surface area contributed by atoms with E-state index in [4.69, 9.17) is 15.2 Å². The van der Waals surface area contributed by atoms with Crippen molar-refractivity contribution in [2.75, 3.05) is 25.6 Å². The van der Waals surface area contributed by atoms with Gasteiger partial charge in [0.15, 0.2) is 5.69 Å². The van der Waals surface area contributed by atoms with Crippen LogP contribution < -0.4 is 21.1 Å². The monoisotopic (exact) mass is 598 g/mol. The van der Waals surface area contributed by atoms with Gasteiger partial charge in [-0.05, 0) is 71.3 Å². The lowest BCUT2D eigenvalue weighted by Crippen LogP contribution is -2.26. The maximum atomic E-state index is 14.1. The standard InChI is InChI=1S/C33H34N4O5S/c1-4-12-35-32(39)27-9-7-22(29(36-27)33(40)41-3)23-17-28-25(30-21(10-13-42-28)11-14-43-30)16-24(23)31(38)37-26-8-6-19(18-34)15-20(26)5-2/h6-9,11,14-17H,4-5,10,12-13,18,34H2,1-3H3,(H,35,39)(H,37,38). The van der Waals surface area contributed by atoms with Gasteiger partial charge in [-0.25, -0.2) is 9.78 Å². The van der Waals surface area contributed by atoms with Gasteiger partial charge in [0.05, 0.1) is 13.7 Å². The number of rotatable bonds is 9. The van der Waals surface area contributed by atoms with Crippen molar-refractivity contribution in [3.63, 3.8) is 0 Å². The lowest BCUT2D eigenvalue weighted by atomic mass is 9.93. The van der Waals surface area contributed by atoms with Crippen LogP contribution in [0.25, 0.3) is 21.6 Å². The van der Waals surface area contributed by atoms with Gasteiger partial charge in [-0.3, -0.25) is 9.59 Å². The van der Waals surface area contributed by atoms with Crippen molar-refractivity contribution >= 4 is 34.8 Å². The molecule has 3 heterocycles. The van der Waals surface area contributed by atoms with Crippen LogP contribution in [0, 0.1) is 0 Å². The predicted molar refractivity (Wildman–Crippen MR) is 168 cm³/mol. The molecule has 1 aliphatic heterocycles. The molecule has 2 aromatic heterocycles. The van der Waals surface area contributed by atoms with E-state index in [1.54, 1.807) is 29.5 Å². The Labute approximate surface area is 254 Å². The molecule has 43 heavy (non-hydrogen) atoms. The summed E-state index contributed by atoms with van der Waals surface area (Å²) < 4.78 is 11.2.